The van der Waals surface area contributed by atoms with Crippen LogP contribution in [0.15, 0.2) is 36.4 Å². The Morgan fingerprint density at radius 1 is 1.06 bits per heavy atom. The molecule has 0 saturated carbocycles. The van der Waals surface area contributed by atoms with Crippen LogP contribution in [0.5, 0.6) is 5.75 Å². The molecule has 0 unspecified atom stereocenters. The van der Waals surface area contributed by atoms with Crippen LogP contribution in [-0.2, 0) is 6.42 Å². The van der Waals surface area contributed by atoms with Gasteiger partial charge in [-0.2, -0.15) is 0 Å². The Hall–Kier alpha value is -1.47. The van der Waals surface area contributed by atoms with E-state index in [0.717, 1.165) is 28.1 Å². The van der Waals surface area contributed by atoms with E-state index in [-0.39, 0.29) is 0 Å². The van der Waals surface area contributed by atoms with E-state index >= 15 is 0 Å². The molecule has 88 valence electrons. The van der Waals surface area contributed by atoms with Gasteiger partial charge >= 0.3 is 0 Å². The predicted octanol–water partition coefficient (Wildman–Crippen LogP) is 4.25. The van der Waals surface area contributed by atoms with E-state index in [9.17, 15) is 5.11 Å². The second kappa shape index (κ2) is 4.80. The molecule has 2 aromatic rings. The molecular weight excluding hydrogens is 232 g/mol. The Kier molecular flexibility index (Phi) is 3.39. The van der Waals surface area contributed by atoms with Crippen molar-refractivity contribution >= 4 is 11.6 Å². The van der Waals surface area contributed by atoms with Gasteiger partial charge < -0.3 is 5.11 Å². The molecule has 17 heavy (non-hydrogen) atoms. The van der Waals surface area contributed by atoms with Crippen molar-refractivity contribution in [3.8, 4) is 5.75 Å². The van der Waals surface area contributed by atoms with E-state index in [1.807, 2.05) is 50.2 Å². The van der Waals surface area contributed by atoms with Crippen LogP contribution in [0.4, 0.5) is 0 Å². The van der Waals surface area contributed by atoms with Gasteiger partial charge in [0.2, 0.25) is 0 Å². The van der Waals surface area contributed by atoms with Crippen molar-refractivity contribution in [1.82, 2.24) is 0 Å². The number of aryl methyl sites for hydroxylation is 2. The van der Waals surface area contributed by atoms with Crippen molar-refractivity contribution in [2.75, 3.05) is 0 Å². The summed E-state index contributed by atoms with van der Waals surface area (Å²) < 4.78 is 0. The first-order chi connectivity index (χ1) is 8.06. The van der Waals surface area contributed by atoms with Gasteiger partial charge in [-0.1, -0.05) is 41.4 Å². The van der Waals surface area contributed by atoms with Crippen LogP contribution in [0.2, 0.25) is 5.02 Å². The first-order valence-electron chi connectivity index (χ1n) is 5.60. The molecule has 0 saturated heterocycles. The van der Waals surface area contributed by atoms with Gasteiger partial charge in [-0.05, 0) is 42.7 Å². The van der Waals surface area contributed by atoms with E-state index in [1.54, 1.807) is 0 Å². The maximum Gasteiger partial charge on any atom is 0.122 e. The van der Waals surface area contributed by atoms with Crippen LogP contribution >= 0.6 is 11.6 Å². The zero-order valence-electron chi connectivity index (χ0n) is 10.00. The number of phenols is 1. The summed E-state index contributed by atoms with van der Waals surface area (Å²) in [5, 5.41) is 10.7. The fraction of sp³-hybridized carbons (Fsp3) is 0.200. The Morgan fingerprint density at radius 2 is 1.71 bits per heavy atom. The van der Waals surface area contributed by atoms with Gasteiger partial charge in [0.1, 0.15) is 5.75 Å². The number of rotatable bonds is 2. The molecule has 0 atom stereocenters. The zero-order chi connectivity index (χ0) is 12.4. The normalized spacial score (nSPS) is 10.5. The zero-order valence-corrected chi connectivity index (χ0v) is 10.8. The number of halogens is 1. The second-order valence-electron chi connectivity index (χ2n) is 4.39. The number of phenolic OH excluding ortho intramolecular Hbond substituents is 1. The number of hydrogen-bond donors (Lipinski definition) is 1. The fourth-order valence-electron chi connectivity index (χ4n) is 2.00. The van der Waals surface area contributed by atoms with Crippen molar-refractivity contribution < 1.29 is 5.11 Å². The highest BCUT2D eigenvalue weighted by Gasteiger charge is 2.06. The molecule has 0 spiro atoms. The molecule has 0 aliphatic rings. The summed E-state index contributed by atoms with van der Waals surface area (Å²) in [5.74, 6) is 0.394. The van der Waals surface area contributed by atoms with Crippen molar-refractivity contribution in [1.29, 1.82) is 0 Å². The van der Waals surface area contributed by atoms with Gasteiger partial charge in [0, 0.05) is 11.4 Å². The molecule has 2 aromatic carbocycles. The SMILES string of the molecule is Cc1cc(C)c(O)c(Cc2ccc(Cl)cc2)c1. The van der Waals surface area contributed by atoms with Crippen LogP contribution in [0.3, 0.4) is 0 Å². The van der Waals surface area contributed by atoms with Crippen molar-refractivity contribution in [2.24, 2.45) is 0 Å². The van der Waals surface area contributed by atoms with Crippen LogP contribution in [-0.4, -0.2) is 5.11 Å². The molecule has 1 nitrogen and oxygen atoms in total. The Morgan fingerprint density at radius 3 is 2.35 bits per heavy atom. The Labute approximate surface area is 107 Å². The van der Waals surface area contributed by atoms with Crippen molar-refractivity contribution in [3.63, 3.8) is 0 Å². The molecule has 0 heterocycles. The van der Waals surface area contributed by atoms with Gasteiger partial charge in [0.05, 0.1) is 0 Å². The largest absolute Gasteiger partial charge is 0.507 e. The van der Waals surface area contributed by atoms with Crippen LogP contribution in [0.1, 0.15) is 22.3 Å². The number of aromatic hydroxyl groups is 1. The van der Waals surface area contributed by atoms with Gasteiger partial charge in [0.25, 0.3) is 0 Å². The smallest absolute Gasteiger partial charge is 0.122 e. The lowest BCUT2D eigenvalue weighted by Gasteiger charge is -2.09. The topological polar surface area (TPSA) is 20.2 Å². The number of hydrogen-bond acceptors (Lipinski definition) is 1. The maximum absolute atomic E-state index is 10.0. The molecule has 0 aliphatic carbocycles. The molecule has 0 amide bonds. The summed E-state index contributed by atoms with van der Waals surface area (Å²) in [5.41, 5.74) is 4.21. The number of benzene rings is 2. The first kappa shape index (κ1) is 12.0. The van der Waals surface area contributed by atoms with Crippen LogP contribution in [0.25, 0.3) is 0 Å². The molecule has 0 radical (unpaired) electrons. The third kappa shape index (κ3) is 2.80. The highest BCUT2D eigenvalue weighted by Crippen LogP contribution is 2.26. The van der Waals surface area contributed by atoms with Crippen LogP contribution < -0.4 is 0 Å². The van der Waals surface area contributed by atoms with Gasteiger partial charge in [0.15, 0.2) is 0 Å². The minimum absolute atomic E-state index is 0.394. The van der Waals surface area contributed by atoms with Crippen molar-refractivity contribution in [2.45, 2.75) is 20.3 Å². The Bertz CT molecular complexity index is 529. The standard InChI is InChI=1S/C15H15ClO/c1-10-7-11(2)15(17)13(8-10)9-12-3-5-14(16)6-4-12/h3-8,17H,9H2,1-2H3. The van der Waals surface area contributed by atoms with E-state index in [0.29, 0.717) is 5.75 Å². The fourth-order valence-corrected chi connectivity index (χ4v) is 2.13. The summed E-state index contributed by atoms with van der Waals surface area (Å²) in [6.45, 7) is 3.96. The van der Waals surface area contributed by atoms with Gasteiger partial charge in [-0.25, -0.2) is 0 Å². The van der Waals surface area contributed by atoms with E-state index in [4.69, 9.17) is 11.6 Å². The average Bonchev–Trinajstić information content (AvgIpc) is 2.28. The second-order valence-corrected chi connectivity index (χ2v) is 4.83. The quantitative estimate of drug-likeness (QED) is 0.840. The molecule has 2 heteroatoms. The maximum atomic E-state index is 10.0. The summed E-state index contributed by atoms with van der Waals surface area (Å²) in [6, 6.07) is 11.7. The predicted molar refractivity (Wildman–Crippen MR) is 71.8 cm³/mol. The third-order valence-electron chi connectivity index (χ3n) is 2.83. The first-order valence-corrected chi connectivity index (χ1v) is 5.97. The highest BCUT2D eigenvalue weighted by molar-refractivity contribution is 6.30. The summed E-state index contributed by atoms with van der Waals surface area (Å²) in [7, 11) is 0. The lowest BCUT2D eigenvalue weighted by atomic mass is 9.99. The highest BCUT2D eigenvalue weighted by atomic mass is 35.5. The summed E-state index contributed by atoms with van der Waals surface area (Å²) in [4.78, 5) is 0. The lowest BCUT2D eigenvalue weighted by molar-refractivity contribution is 0.465. The monoisotopic (exact) mass is 246 g/mol. The minimum Gasteiger partial charge on any atom is -0.507 e. The van der Waals surface area contributed by atoms with E-state index in [1.165, 1.54) is 5.56 Å². The van der Waals surface area contributed by atoms with Crippen molar-refractivity contribution in [3.05, 3.63) is 63.7 Å². The van der Waals surface area contributed by atoms with Crippen LogP contribution in [0, 0.1) is 13.8 Å². The molecule has 0 aliphatic heterocycles. The summed E-state index contributed by atoms with van der Waals surface area (Å²) >= 11 is 5.85. The lowest BCUT2D eigenvalue weighted by Crippen LogP contribution is -1.92. The van der Waals surface area contributed by atoms with Gasteiger partial charge in [-0.3, -0.25) is 0 Å². The molecule has 0 aromatic heterocycles. The summed E-state index contributed by atoms with van der Waals surface area (Å²) in [6.07, 6.45) is 0.728. The molecule has 0 bridgehead atoms. The average molecular weight is 247 g/mol. The van der Waals surface area contributed by atoms with E-state index < -0.39 is 0 Å². The van der Waals surface area contributed by atoms with Gasteiger partial charge in [-0.15, -0.1) is 0 Å². The molecular formula is C15H15ClO. The Balaban J connectivity index is 2.32. The molecule has 0 fully saturated rings. The molecule has 1 N–H and O–H groups in total. The minimum atomic E-state index is 0.394. The molecule has 2 rings (SSSR count). The third-order valence-corrected chi connectivity index (χ3v) is 3.08. The van der Waals surface area contributed by atoms with E-state index in [2.05, 4.69) is 0 Å².